The summed E-state index contributed by atoms with van der Waals surface area (Å²) in [4.78, 5) is 0. The van der Waals surface area contributed by atoms with Gasteiger partial charge in [-0.1, -0.05) is 6.42 Å². The Balaban J connectivity index is 2.49. The second-order valence-electron chi connectivity index (χ2n) is 4.10. The van der Waals surface area contributed by atoms with Crippen molar-refractivity contribution < 1.29 is 13.5 Å². The Morgan fingerprint density at radius 2 is 2.13 bits per heavy atom. The van der Waals surface area contributed by atoms with Gasteiger partial charge < -0.3 is 5.11 Å². The minimum atomic E-state index is -3.34. The molecule has 0 spiro atoms. The van der Waals surface area contributed by atoms with E-state index in [1.165, 1.54) is 13.3 Å². The molecule has 0 saturated heterocycles. The maximum Gasteiger partial charge on any atom is 0.216 e. The number of aliphatic hydroxyl groups is 1. The fourth-order valence-corrected chi connectivity index (χ4v) is 3.46. The van der Waals surface area contributed by atoms with Crippen LogP contribution in [-0.4, -0.2) is 42.9 Å². The monoisotopic (exact) mass is 253 g/mol. The number of hydrogen-bond acceptors (Lipinski definition) is 4. The summed E-state index contributed by atoms with van der Waals surface area (Å²) in [6.45, 7) is 1.66. The van der Waals surface area contributed by atoms with Crippen molar-refractivity contribution >= 4 is 21.8 Å². The van der Waals surface area contributed by atoms with Crippen LogP contribution in [0.3, 0.4) is 0 Å². The lowest BCUT2D eigenvalue weighted by molar-refractivity contribution is 0.294. The number of rotatable bonds is 6. The zero-order chi connectivity index (χ0) is 11.5. The highest BCUT2D eigenvalue weighted by Crippen LogP contribution is 2.42. The molecule has 1 atom stereocenters. The molecule has 1 aliphatic carbocycles. The zero-order valence-corrected chi connectivity index (χ0v) is 10.8. The molecule has 4 nitrogen and oxygen atoms in total. The predicted molar refractivity (Wildman–Crippen MR) is 63.6 cm³/mol. The van der Waals surface area contributed by atoms with E-state index in [1.54, 1.807) is 11.8 Å². The summed E-state index contributed by atoms with van der Waals surface area (Å²) >= 11 is 1.73. The molecular formula is C9H19NO3S2. The summed E-state index contributed by atoms with van der Waals surface area (Å²) in [6.07, 6.45) is 5.34. The summed E-state index contributed by atoms with van der Waals surface area (Å²) in [5.74, 6) is 0. The molecule has 0 aromatic carbocycles. The van der Waals surface area contributed by atoms with E-state index < -0.39 is 15.3 Å². The first-order valence-electron chi connectivity index (χ1n) is 5.10. The SMILES string of the molecule is CSC1(CNS(=O)(=O)C(C)CO)CCC1. The number of thioether (sulfide) groups is 1. The van der Waals surface area contributed by atoms with Gasteiger partial charge in [0.15, 0.2) is 0 Å². The van der Waals surface area contributed by atoms with Gasteiger partial charge in [-0.15, -0.1) is 0 Å². The van der Waals surface area contributed by atoms with E-state index in [4.69, 9.17) is 5.11 Å². The van der Waals surface area contributed by atoms with Crippen LogP contribution in [0.15, 0.2) is 0 Å². The molecule has 0 bridgehead atoms. The number of sulfonamides is 1. The van der Waals surface area contributed by atoms with Crippen molar-refractivity contribution in [1.29, 1.82) is 0 Å². The topological polar surface area (TPSA) is 66.4 Å². The van der Waals surface area contributed by atoms with Gasteiger partial charge in [-0.25, -0.2) is 13.1 Å². The van der Waals surface area contributed by atoms with E-state index >= 15 is 0 Å². The molecule has 1 aliphatic rings. The molecule has 1 rings (SSSR count). The summed E-state index contributed by atoms with van der Waals surface area (Å²) < 4.78 is 25.9. The van der Waals surface area contributed by atoms with Crippen molar-refractivity contribution in [2.75, 3.05) is 19.4 Å². The largest absolute Gasteiger partial charge is 0.395 e. The zero-order valence-electron chi connectivity index (χ0n) is 9.19. The maximum atomic E-state index is 11.6. The summed E-state index contributed by atoms with van der Waals surface area (Å²) in [7, 11) is -3.34. The number of aliphatic hydroxyl groups excluding tert-OH is 1. The van der Waals surface area contributed by atoms with Gasteiger partial charge in [0.2, 0.25) is 10.0 Å². The van der Waals surface area contributed by atoms with E-state index in [0.29, 0.717) is 6.54 Å². The molecule has 0 heterocycles. The Kier molecular flexibility index (Phi) is 4.46. The van der Waals surface area contributed by atoms with Crippen molar-refractivity contribution in [2.24, 2.45) is 0 Å². The molecule has 2 N–H and O–H groups in total. The van der Waals surface area contributed by atoms with Crippen LogP contribution in [0, 0.1) is 0 Å². The Morgan fingerprint density at radius 1 is 1.53 bits per heavy atom. The van der Waals surface area contributed by atoms with Crippen LogP contribution >= 0.6 is 11.8 Å². The third-order valence-electron chi connectivity index (χ3n) is 3.08. The average Bonchev–Trinajstić information content (AvgIpc) is 2.15. The molecule has 1 saturated carbocycles. The minimum absolute atomic E-state index is 0.0995. The highest BCUT2D eigenvalue weighted by atomic mass is 32.2. The van der Waals surface area contributed by atoms with Gasteiger partial charge in [0.25, 0.3) is 0 Å². The molecule has 90 valence electrons. The van der Waals surface area contributed by atoms with Crippen LogP contribution in [0.4, 0.5) is 0 Å². The second kappa shape index (κ2) is 5.03. The van der Waals surface area contributed by atoms with E-state index in [0.717, 1.165) is 12.8 Å². The summed E-state index contributed by atoms with van der Waals surface area (Å²) in [6, 6.07) is 0. The number of nitrogens with one attached hydrogen (secondary N) is 1. The van der Waals surface area contributed by atoms with Gasteiger partial charge in [-0.3, -0.25) is 0 Å². The van der Waals surface area contributed by atoms with Crippen LogP contribution < -0.4 is 4.72 Å². The molecule has 1 unspecified atom stereocenters. The van der Waals surface area contributed by atoms with Crippen LogP contribution in [-0.2, 0) is 10.0 Å². The molecular weight excluding hydrogens is 234 g/mol. The average molecular weight is 253 g/mol. The molecule has 0 amide bonds. The highest BCUT2D eigenvalue weighted by molar-refractivity contribution is 8.00. The van der Waals surface area contributed by atoms with Gasteiger partial charge in [-0.05, 0) is 26.0 Å². The van der Waals surface area contributed by atoms with Crippen molar-refractivity contribution in [3.8, 4) is 0 Å². The van der Waals surface area contributed by atoms with Crippen molar-refractivity contribution in [1.82, 2.24) is 4.72 Å². The first kappa shape index (κ1) is 13.3. The van der Waals surface area contributed by atoms with Crippen molar-refractivity contribution in [3.63, 3.8) is 0 Å². The normalized spacial score (nSPS) is 22.1. The fraction of sp³-hybridized carbons (Fsp3) is 1.00. The molecule has 1 fully saturated rings. The highest BCUT2D eigenvalue weighted by Gasteiger charge is 2.37. The first-order chi connectivity index (χ1) is 6.96. The maximum absolute atomic E-state index is 11.6. The van der Waals surface area contributed by atoms with Crippen LogP contribution in [0.25, 0.3) is 0 Å². The summed E-state index contributed by atoms with van der Waals surface area (Å²) in [5.41, 5.74) is 0. The smallest absolute Gasteiger partial charge is 0.216 e. The third kappa shape index (κ3) is 3.09. The predicted octanol–water partition coefficient (Wildman–Crippen LogP) is 0.572. The van der Waals surface area contributed by atoms with Crippen LogP contribution in [0.2, 0.25) is 0 Å². The Morgan fingerprint density at radius 3 is 2.47 bits per heavy atom. The van der Waals surface area contributed by atoms with E-state index in [2.05, 4.69) is 4.72 Å². The second-order valence-corrected chi connectivity index (χ2v) is 7.56. The number of hydrogen-bond donors (Lipinski definition) is 2. The Labute approximate surface area is 95.9 Å². The molecule has 0 aliphatic heterocycles. The van der Waals surface area contributed by atoms with Gasteiger partial charge in [0.1, 0.15) is 0 Å². The van der Waals surface area contributed by atoms with Gasteiger partial charge in [-0.2, -0.15) is 11.8 Å². The lowest BCUT2D eigenvalue weighted by Gasteiger charge is -2.40. The first-order valence-corrected chi connectivity index (χ1v) is 7.87. The van der Waals surface area contributed by atoms with E-state index in [1.807, 2.05) is 6.26 Å². The Hall–Kier alpha value is 0.220. The van der Waals surface area contributed by atoms with E-state index in [-0.39, 0.29) is 11.4 Å². The Bertz CT molecular complexity index is 293. The van der Waals surface area contributed by atoms with Gasteiger partial charge in [0.05, 0.1) is 11.9 Å². The molecule has 0 aromatic heterocycles. The standard InChI is InChI=1S/C9H19NO3S2/c1-8(6-11)15(12,13)10-7-9(14-2)4-3-5-9/h8,10-11H,3-7H2,1-2H3. The van der Waals surface area contributed by atoms with Crippen LogP contribution in [0.1, 0.15) is 26.2 Å². The third-order valence-corrected chi connectivity index (χ3v) is 6.25. The fourth-order valence-electron chi connectivity index (χ4n) is 1.50. The molecule has 0 radical (unpaired) electrons. The quantitative estimate of drug-likeness (QED) is 0.726. The van der Waals surface area contributed by atoms with Gasteiger partial charge in [0, 0.05) is 11.3 Å². The van der Waals surface area contributed by atoms with Crippen molar-refractivity contribution in [2.45, 2.75) is 36.2 Å². The van der Waals surface area contributed by atoms with Crippen LogP contribution in [0.5, 0.6) is 0 Å². The lowest BCUT2D eigenvalue weighted by Crippen LogP contribution is -2.47. The molecule has 15 heavy (non-hydrogen) atoms. The molecule has 6 heteroatoms. The minimum Gasteiger partial charge on any atom is -0.395 e. The summed E-state index contributed by atoms with van der Waals surface area (Å²) in [5, 5.41) is 8.08. The lowest BCUT2D eigenvalue weighted by atomic mass is 9.84. The van der Waals surface area contributed by atoms with Gasteiger partial charge >= 0.3 is 0 Å². The van der Waals surface area contributed by atoms with Crippen molar-refractivity contribution in [3.05, 3.63) is 0 Å². The molecule has 0 aromatic rings. The van der Waals surface area contributed by atoms with E-state index in [9.17, 15) is 8.42 Å².